The second-order valence-corrected chi connectivity index (χ2v) is 7.28. The first-order valence-electron chi connectivity index (χ1n) is 9.17. The minimum absolute atomic E-state index is 0.0868. The summed E-state index contributed by atoms with van der Waals surface area (Å²) in [5.74, 6) is 0.0795. The molecular formula is C21H24ClN3O2. The van der Waals surface area contributed by atoms with Gasteiger partial charge in [-0.3, -0.25) is 9.59 Å². The summed E-state index contributed by atoms with van der Waals surface area (Å²) in [5.41, 5.74) is 2.74. The molecule has 0 bridgehead atoms. The van der Waals surface area contributed by atoms with Crippen molar-refractivity contribution in [1.29, 1.82) is 0 Å². The van der Waals surface area contributed by atoms with Crippen molar-refractivity contribution in [3.63, 3.8) is 0 Å². The van der Waals surface area contributed by atoms with Gasteiger partial charge < -0.3 is 15.5 Å². The summed E-state index contributed by atoms with van der Waals surface area (Å²) in [6.45, 7) is 4.53. The lowest BCUT2D eigenvalue weighted by atomic mass is 10.1. The van der Waals surface area contributed by atoms with E-state index < -0.39 is 0 Å². The van der Waals surface area contributed by atoms with Gasteiger partial charge in [-0.1, -0.05) is 23.7 Å². The normalized spacial score (nSPS) is 16.1. The molecule has 27 heavy (non-hydrogen) atoms. The second-order valence-electron chi connectivity index (χ2n) is 6.84. The molecule has 0 aliphatic carbocycles. The third-order valence-electron chi connectivity index (χ3n) is 4.76. The number of amides is 2. The number of nitrogens with zero attached hydrogens (tertiary/aromatic N) is 1. The first-order valence-corrected chi connectivity index (χ1v) is 9.54. The molecule has 2 aromatic carbocycles. The number of hydrogen-bond donors (Lipinski definition) is 2. The Kier molecular flexibility index (Phi) is 6.01. The van der Waals surface area contributed by atoms with Crippen molar-refractivity contribution >= 4 is 34.8 Å². The smallest absolute Gasteiger partial charge is 0.242 e. The molecule has 0 saturated carbocycles. The molecule has 2 amide bonds. The van der Waals surface area contributed by atoms with E-state index in [1.165, 1.54) is 0 Å². The number of rotatable bonds is 6. The third kappa shape index (κ3) is 4.80. The fourth-order valence-electron chi connectivity index (χ4n) is 3.15. The molecule has 0 radical (unpaired) electrons. The molecule has 2 unspecified atom stereocenters. The predicted octanol–water partition coefficient (Wildman–Crippen LogP) is 4.14. The highest BCUT2D eigenvalue weighted by atomic mass is 35.5. The van der Waals surface area contributed by atoms with Gasteiger partial charge in [0.15, 0.2) is 0 Å². The van der Waals surface area contributed by atoms with Crippen molar-refractivity contribution in [2.45, 2.75) is 38.8 Å². The summed E-state index contributed by atoms with van der Waals surface area (Å²) in [6, 6.07) is 14.6. The molecule has 2 atom stereocenters. The quantitative estimate of drug-likeness (QED) is 0.785. The SMILES string of the molecule is CC(Nc1ccc(N2CCCC2=O)cc1)C(=O)NC(C)c1ccc(Cl)cc1. The first-order chi connectivity index (χ1) is 12.9. The first kappa shape index (κ1) is 19.2. The lowest BCUT2D eigenvalue weighted by Crippen LogP contribution is -2.38. The van der Waals surface area contributed by atoms with E-state index in [-0.39, 0.29) is 23.9 Å². The van der Waals surface area contributed by atoms with E-state index in [1.807, 2.05) is 62.4 Å². The zero-order valence-corrected chi connectivity index (χ0v) is 16.3. The van der Waals surface area contributed by atoms with Gasteiger partial charge in [-0.25, -0.2) is 0 Å². The Morgan fingerprint density at radius 1 is 1.07 bits per heavy atom. The minimum Gasteiger partial charge on any atom is -0.374 e. The number of carbonyl (C=O) groups excluding carboxylic acids is 2. The Balaban J connectivity index is 1.56. The minimum atomic E-state index is -0.390. The monoisotopic (exact) mass is 385 g/mol. The fourth-order valence-corrected chi connectivity index (χ4v) is 3.27. The van der Waals surface area contributed by atoms with Crippen LogP contribution in [0.5, 0.6) is 0 Å². The van der Waals surface area contributed by atoms with Crippen LogP contribution >= 0.6 is 11.6 Å². The maximum Gasteiger partial charge on any atom is 0.242 e. The van der Waals surface area contributed by atoms with Crippen molar-refractivity contribution in [3.8, 4) is 0 Å². The number of hydrogen-bond acceptors (Lipinski definition) is 3. The van der Waals surface area contributed by atoms with Crippen LogP contribution in [-0.2, 0) is 9.59 Å². The molecule has 0 aromatic heterocycles. The van der Waals surface area contributed by atoms with E-state index in [9.17, 15) is 9.59 Å². The predicted molar refractivity (Wildman–Crippen MR) is 109 cm³/mol. The van der Waals surface area contributed by atoms with Crippen LogP contribution in [0.25, 0.3) is 0 Å². The molecule has 1 aliphatic rings. The van der Waals surface area contributed by atoms with E-state index in [4.69, 9.17) is 11.6 Å². The van der Waals surface area contributed by atoms with Crippen LogP contribution in [-0.4, -0.2) is 24.4 Å². The molecule has 142 valence electrons. The van der Waals surface area contributed by atoms with Crippen LogP contribution in [0.2, 0.25) is 5.02 Å². The summed E-state index contributed by atoms with van der Waals surface area (Å²) in [4.78, 5) is 26.1. The Morgan fingerprint density at radius 2 is 1.74 bits per heavy atom. The van der Waals surface area contributed by atoms with Crippen molar-refractivity contribution in [1.82, 2.24) is 5.32 Å². The van der Waals surface area contributed by atoms with E-state index in [1.54, 1.807) is 4.90 Å². The van der Waals surface area contributed by atoms with Crippen LogP contribution in [0, 0.1) is 0 Å². The number of anilines is 2. The van der Waals surface area contributed by atoms with Crippen molar-refractivity contribution in [2.24, 2.45) is 0 Å². The second kappa shape index (κ2) is 8.44. The summed E-state index contributed by atoms with van der Waals surface area (Å²) >= 11 is 5.90. The molecule has 2 N–H and O–H groups in total. The lowest BCUT2D eigenvalue weighted by molar-refractivity contribution is -0.122. The van der Waals surface area contributed by atoms with Crippen LogP contribution < -0.4 is 15.5 Å². The van der Waals surface area contributed by atoms with Gasteiger partial charge >= 0.3 is 0 Å². The standard InChI is InChI=1S/C21H24ClN3O2/c1-14(16-5-7-17(22)8-6-16)24-21(27)15(2)23-18-9-11-19(12-10-18)25-13-3-4-20(25)26/h5-12,14-15,23H,3-4,13H2,1-2H3,(H,24,27). The molecule has 1 heterocycles. The van der Waals surface area contributed by atoms with Crippen LogP contribution in [0.4, 0.5) is 11.4 Å². The Bertz CT molecular complexity index is 805. The van der Waals surface area contributed by atoms with Gasteiger partial charge in [0.25, 0.3) is 0 Å². The van der Waals surface area contributed by atoms with Gasteiger partial charge in [-0.2, -0.15) is 0 Å². The van der Waals surface area contributed by atoms with Gasteiger partial charge in [-0.05, 0) is 62.2 Å². The van der Waals surface area contributed by atoms with E-state index in [0.717, 1.165) is 29.9 Å². The molecule has 1 saturated heterocycles. The maximum absolute atomic E-state index is 12.5. The average molecular weight is 386 g/mol. The summed E-state index contributed by atoms with van der Waals surface area (Å²) < 4.78 is 0. The third-order valence-corrected chi connectivity index (χ3v) is 5.01. The molecule has 1 aliphatic heterocycles. The fraction of sp³-hybridized carbons (Fsp3) is 0.333. The molecular weight excluding hydrogens is 362 g/mol. The van der Waals surface area contributed by atoms with Crippen molar-refractivity contribution in [3.05, 3.63) is 59.1 Å². The van der Waals surface area contributed by atoms with Gasteiger partial charge in [0.1, 0.15) is 6.04 Å². The maximum atomic E-state index is 12.5. The average Bonchev–Trinajstić information content (AvgIpc) is 3.08. The van der Waals surface area contributed by atoms with Crippen LogP contribution in [0.3, 0.4) is 0 Å². The molecule has 2 aromatic rings. The van der Waals surface area contributed by atoms with Gasteiger partial charge in [0.2, 0.25) is 11.8 Å². The number of nitrogens with one attached hydrogen (secondary N) is 2. The van der Waals surface area contributed by atoms with E-state index in [2.05, 4.69) is 10.6 Å². The Hall–Kier alpha value is -2.53. The van der Waals surface area contributed by atoms with E-state index in [0.29, 0.717) is 11.4 Å². The zero-order chi connectivity index (χ0) is 19.4. The summed E-state index contributed by atoms with van der Waals surface area (Å²) in [5, 5.41) is 6.87. The highest BCUT2D eigenvalue weighted by Crippen LogP contribution is 2.23. The largest absolute Gasteiger partial charge is 0.374 e. The Morgan fingerprint density at radius 3 is 2.33 bits per heavy atom. The van der Waals surface area contributed by atoms with Gasteiger partial charge in [-0.15, -0.1) is 0 Å². The van der Waals surface area contributed by atoms with E-state index >= 15 is 0 Å². The topological polar surface area (TPSA) is 61.4 Å². The molecule has 6 heteroatoms. The lowest BCUT2D eigenvalue weighted by Gasteiger charge is -2.20. The zero-order valence-electron chi connectivity index (χ0n) is 15.5. The molecule has 1 fully saturated rings. The molecule has 0 spiro atoms. The van der Waals surface area contributed by atoms with Crippen molar-refractivity contribution < 1.29 is 9.59 Å². The van der Waals surface area contributed by atoms with Gasteiger partial charge in [0, 0.05) is 29.4 Å². The number of carbonyl (C=O) groups is 2. The number of halogens is 1. The highest BCUT2D eigenvalue weighted by molar-refractivity contribution is 6.30. The highest BCUT2D eigenvalue weighted by Gasteiger charge is 2.21. The van der Waals surface area contributed by atoms with Crippen LogP contribution in [0.15, 0.2) is 48.5 Å². The van der Waals surface area contributed by atoms with Gasteiger partial charge in [0.05, 0.1) is 6.04 Å². The molecule has 3 rings (SSSR count). The van der Waals surface area contributed by atoms with Crippen molar-refractivity contribution in [2.75, 3.05) is 16.8 Å². The molecule has 5 nitrogen and oxygen atoms in total. The summed E-state index contributed by atoms with van der Waals surface area (Å²) in [7, 11) is 0. The van der Waals surface area contributed by atoms with Crippen LogP contribution in [0.1, 0.15) is 38.3 Å². The Labute approximate surface area is 164 Å². The number of benzene rings is 2. The summed E-state index contributed by atoms with van der Waals surface area (Å²) in [6.07, 6.45) is 1.52.